The third-order valence-electron chi connectivity index (χ3n) is 4.87. The lowest BCUT2D eigenvalue weighted by Crippen LogP contribution is -2.52. The molecule has 0 unspecified atom stereocenters. The zero-order valence-electron chi connectivity index (χ0n) is 14.1. The fraction of sp³-hybridized carbons (Fsp3) is 0.812. The van der Waals surface area contributed by atoms with Crippen LogP contribution < -0.4 is 0 Å². The van der Waals surface area contributed by atoms with E-state index in [4.69, 9.17) is 0 Å². The predicted molar refractivity (Wildman–Crippen MR) is 88.4 cm³/mol. The number of allylic oxidation sites excluding steroid dienone is 1. The summed E-state index contributed by atoms with van der Waals surface area (Å²) in [5, 5.41) is 0. The van der Waals surface area contributed by atoms with Crippen molar-refractivity contribution in [2.75, 3.05) is 37.7 Å². The first-order valence-electron chi connectivity index (χ1n) is 8.01. The summed E-state index contributed by atoms with van der Waals surface area (Å²) in [6.07, 6.45) is 2.48. The fourth-order valence-corrected chi connectivity index (χ4v) is 4.63. The van der Waals surface area contributed by atoms with Crippen LogP contribution in [0.5, 0.6) is 0 Å². The SMILES string of the molecule is C/C(=C\C(=O)N1CCN([C@@H]2CCS(=O)(=O)C2)CC1)C(C)(C)C. The van der Waals surface area contributed by atoms with E-state index >= 15 is 0 Å². The summed E-state index contributed by atoms with van der Waals surface area (Å²) in [5.41, 5.74) is 1.09. The quantitative estimate of drug-likeness (QED) is 0.717. The molecule has 2 fully saturated rings. The molecule has 1 amide bonds. The molecular weight excluding hydrogens is 300 g/mol. The fourth-order valence-electron chi connectivity index (χ4n) is 2.86. The summed E-state index contributed by atoms with van der Waals surface area (Å²) in [6.45, 7) is 11.2. The lowest BCUT2D eigenvalue weighted by atomic mass is 9.87. The number of carbonyl (C=O) groups is 1. The van der Waals surface area contributed by atoms with Crippen molar-refractivity contribution in [2.24, 2.45) is 5.41 Å². The van der Waals surface area contributed by atoms with Crippen LogP contribution in [0, 0.1) is 5.41 Å². The van der Waals surface area contributed by atoms with E-state index in [0.717, 1.165) is 25.1 Å². The minimum absolute atomic E-state index is 0.00961. The minimum atomic E-state index is -2.84. The van der Waals surface area contributed by atoms with Crippen molar-refractivity contribution in [2.45, 2.75) is 40.2 Å². The highest BCUT2D eigenvalue weighted by Gasteiger charge is 2.34. The number of hydrogen-bond acceptors (Lipinski definition) is 4. The van der Waals surface area contributed by atoms with Gasteiger partial charge in [0.2, 0.25) is 5.91 Å². The normalized spacial score (nSPS) is 27.2. The van der Waals surface area contributed by atoms with Gasteiger partial charge in [-0.2, -0.15) is 0 Å². The van der Waals surface area contributed by atoms with Crippen LogP contribution in [0.25, 0.3) is 0 Å². The standard InChI is InChI=1S/C16H28N2O3S/c1-13(16(2,3)4)11-15(19)18-8-6-17(7-9-18)14-5-10-22(20,21)12-14/h11,14H,5-10,12H2,1-4H3/b13-11+/t14-/m1/s1. The number of sulfone groups is 1. The average Bonchev–Trinajstić information content (AvgIpc) is 2.78. The molecule has 0 aromatic rings. The minimum Gasteiger partial charge on any atom is -0.337 e. The molecule has 2 aliphatic heterocycles. The molecule has 0 radical (unpaired) electrons. The first-order chi connectivity index (χ1) is 10.1. The maximum Gasteiger partial charge on any atom is 0.246 e. The third kappa shape index (κ3) is 4.32. The number of nitrogens with zero attached hydrogens (tertiary/aromatic N) is 2. The monoisotopic (exact) mass is 328 g/mol. The number of rotatable bonds is 2. The van der Waals surface area contributed by atoms with E-state index in [9.17, 15) is 13.2 Å². The van der Waals surface area contributed by atoms with Crippen LogP contribution >= 0.6 is 0 Å². The van der Waals surface area contributed by atoms with Crippen molar-refractivity contribution in [3.63, 3.8) is 0 Å². The molecule has 126 valence electrons. The topological polar surface area (TPSA) is 57.7 Å². The van der Waals surface area contributed by atoms with Crippen molar-refractivity contribution in [3.05, 3.63) is 11.6 Å². The van der Waals surface area contributed by atoms with Crippen molar-refractivity contribution in [3.8, 4) is 0 Å². The summed E-state index contributed by atoms with van der Waals surface area (Å²) in [5.74, 6) is 0.667. The second-order valence-corrected chi connectivity index (χ2v) is 9.72. The van der Waals surface area contributed by atoms with Crippen molar-refractivity contribution in [1.29, 1.82) is 0 Å². The molecule has 6 heteroatoms. The Morgan fingerprint density at radius 2 is 1.73 bits per heavy atom. The van der Waals surface area contributed by atoms with Gasteiger partial charge in [0.1, 0.15) is 0 Å². The lowest BCUT2D eigenvalue weighted by Gasteiger charge is -2.37. The van der Waals surface area contributed by atoms with E-state index in [-0.39, 0.29) is 23.1 Å². The molecule has 0 spiro atoms. The molecular formula is C16H28N2O3S. The first-order valence-corrected chi connectivity index (χ1v) is 9.83. The molecule has 5 nitrogen and oxygen atoms in total. The second kappa shape index (κ2) is 6.32. The summed E-state index contributed by atoms with van der Waals surface area (Å²) in [4.78, 5) is 16.4. The van der Waals surface area contributed by atoms with Crippen LogP contribution in [-0.4, -0.2) is 67.9 Å². The van der Waals surface area contributed by atoms with Gasteiger partial charge in [0.05, 0.1) is 11.5 Å². The Labute approximate surface area is 134 Å². The Balaban J connectivity index is 1.89. The van der Waals surface area contributed by atoms with E-state index in [1.807, 2.05) is 11.8 Å². The van der Waals surface area contributed by atoms with Crippen LogP contribution in [0.3, 0.4) is 0 Å². The first kappa shape index (κ1) is 17.5. The van der Waals surface area contributed by atoms with Crippen LogP contribution in [0.2, 0.25) is 0 Å². The molecule has 0 saturated carbocycles. The number of amides is 1. The highest BCUT2D eigenvalue weighted by atomic mass is 32.2. The van der Waals surface area contributed by atoms with E-state index in [2.05, 4.69) is 25.7 Å². The van der Waals surface area contributed by atoms with Crippen LogP contribution in [0.1, 0.15) is 34.1 Å². The lowest BCUT2D eigenvalue weighted by molar-refractivity contribution is -0.128. The highest BCUT2D eigenvalue weighted by Crippen LogP contribution is 2.24. The van der Waals surface area contributed by atoms with Gasteiger partial charge >= 0.3 is 0 Å². The molecule has 0 aromatic carbocycles. The van der Waals surface area contributed by atoms with Gasteiger partial charge in [-0.05, 0) is 18.8 Å². The summed E-state index contributed by atoms with van der Waals surface area (Å²) < 4.78 is 23.1. The Hall–Kier alpha value is -0.880. The molecule has 0 aliphatic carbocycles. The van der Waals surface area contributed by atoms with E-state index < -0.39 is 9.84 Å². The van der Waals surface area contributed by atoms with E-state index in [0.29, 0.717) is 18.8 Å². The van der Waals surface area contributed by atoms with Gasteiger partial charge in [-0.15, -0.1) is 0 Å². The Morgan fingerprint density at radius 3 is 2.18 bits per heavy atom. The number of piperazine rings is 1. The number of carbonyl (C=O) groups excluding carboxylic acids is 1. The third-order valence-corrected chi connectivity index (χ3v) is 6.62. The van der Waals surface area contributed by atoms with Crippen LogP contribution in [0.4, 0.5) is 0 Å². The van der Waals surface area contributed by atoms with Gasteiger partial charge in [0.15, 0.2) is 9.84 Å². The summed E-state index contributed by atoms with van der Waals surface area (Å²) >= 11 is 0. The number of hydrogen-bond donors (Lipinski definition) is 0. The van der Waals surface area contributed by atoms with Gasteiger partial charge in [-0.1, -0.05) is 26.3 Å². The van der Waals surface area contributed by atoms with Crippen LogP contribution in [-0.2, 0) is 14.6 Å². The molecule has 22 heavy (non-hydrogen) atoms. The Morgan fingerprint density at radius 1 is 1.14 bits per heavy atom. The smallest absolute Gasteiger partial charge is 0.246 e. The second-order valence-electron chi connectivity index (χ2n) is 7.50. The molecule has 2 aliphatic rings. The molecule has 0 N–H and O–H groups in total. The molecule has 2 heterocycles. The largest absolute Gasteiger partial charge is 0.337 e. The summed E-state index contributed by atoms with van der Waals surface area (Å²) in [7, 11) is -2.84. The predicted octanol–water partition coefficient (Wildman–Crippen LogP) is 1.31. The van der Waals surface area contributed by atoms with E-state index in [1.54, 1.807) is 6.08 Å². The summed E-state index contributed by atoms with van der Waals surface area (Å²) in [6, 6.07) is 0.147. The average molecular weight is 328 g/mol. The van der Waals surface area contributed by atoms with Crippen LogP contribution in [0.15, 0.2) is 11.6 Å². The van der Waals surface area contributed by atoms with Gasteiger partial charge in [-0.3, -0.25) is 9.69 Å². The molecule has 2 saturated heterocycles. The van der Waals surface area contributed by atoms with Gasteiger partial charge < -0.3 is 4.90 Å². The molecule has 0 aromatic heterocycles. The molecule has 1 atom stereocenters. The zero-order valence-corrected chi connectivity index (χ0v) is 14.9. The van der Waals surface area contributed by atoms with Crippen molar-refractivity contribution < 1.29 is 13.2 Å². The van der Waals surface area contributed by atoms with Gasteiger partial charge in [-0.25, -0.2) is 8.42 Å². The molecule has 2 rings (SSSR count). The van der Waals surface area contributed by atoms with Crippen molar-refractivity contribution >= 4 is 15.7 Å². The van der Waals surface area contributed by atoms with Gasteiger partial charge in [0, 0.05) is 38.3 Å². The Bertz CT molecular complexity index is 552. The van der Waals surface area contributed by atoms with Gasteiger partial charge in [0.25, 0.3) is 0 Å². The highest BCUT2D eigenvalue weighted by molar-refractivity contribution is 7.91. The maximum atomic E-state index is 12.3. The van der Waals surface area contributed by atoms with Crippen molar-refractivity contribution in [1.82, 2.24) is 9.80 Å². The Kier molecular flexibility index (Phi) is 5.02. The van der Waals surface area contributed by atoms with E-state index in [1.165, 1.54) is 0 Å². The zero-order chi connectivity index (χ0) is 16.5. The maximum absolute atomic E-state index is 12.3. The molecule has 0 bridgehead atoms.